The molecule has 1 N–H and O–H groups in total. The highest BCUT2D eigenvalue weighted by atomic mass is 127. The molecule has 0 aliphatic heterocycles. The fourth-order valence-electron chi connectivity index (χ4n) is 2.86. The second-order valence-corrected chi connectivity index (χ2v) is 6.78. The molecule has 0 fully saturated rings. The van der Waals surface area contributed by atoms with E-state index in [1.165, 1.54) is 33.1 Å². The Labute approximate surface area is 139 Å². The predicted octanol–water partition coefficient (Wildman–Crippen LogP) is 5.56. The van der Waals surface area contributed by atoms with Crippen molar-refractivity contribution >= 4 is 52.1 Å². The van der Waals surface area contributed by atoms with E-state index in [4.69, 9.17) is 0 Å². The van der Waals surface area contributed by atoms with Crippen molar-refractivity contribution in [2.45, 2.75) is 6.42 Å². The number of aromatic nitrogens is 2. The van der Waals surface area contributed by atoms with E-state index in [1.807, 2.05) is 0 Å². The number of hydrogen-bond donors (Lipinski definition) is 1. The maximum absolute atomic E-state index is 3.36. The molecule has 21 heavy (non-hydrogen) atoms. The number of para-hydroxylation sites is 2. The zero-order chi connectivity index (χ0) is 14.2. The maximum Gasteiger partial charge on any atom is 0.0601 e. The lowest BCUT2D eigenvalue weighted by Crippen LogP contribution is -1.93. The van der Waals surface area contributed by atoms with Crippen LogP contribution in [-0.2, 0) is 6.42 Å². The normalized spacial score (nSPS) is 11.5. The van der Waals surface area contributed by atoms with Gasteiger partial charge in [-0.25, -0.2) is 0 Å². The number of nitrogens with zero attached hydrogens (tertiary/aromatic N) is 1. The van der Waals surface area contributed by atoms with Gasteiger partial charge in [0.2, 0.25) is 0 Å². The van der Waals surface area contributed by atoms with Gasteiger partial charge in [0.15, 0.2) is 0 Å². The van der Waals surface area contributed by atoms with E-state index in [-0.39, 0.29) is 0 Å². The molecule has 4 heteroatoms. The molecule has 0 atom stereocenters. The lowest BCUT2D eigenvalue weighted by molar-refractivity contribution is 1.09. The van der Waals surface area contributed by atoms with E-state index in [2.05, 4.69) is 91.0 Å². The Balaban J connectivity index is 1.84. The van der Waals surface area contributed by atoms with Gasteiger partial charge < -0.3 is 4.98 Å². The highest BCUT2D eigenvalue weighted by molar-refractivity contribution is 14.2. The molecular formula is C17H13IN2S. The van der Waals surface area contributed by atoms with E-state index in [9.17, 15) is 0 Å². The van der Waals surface area contributed by atoms with Crippen molar-refractivity contribution < 1.29 is 0 Å². The van der Waals surface area contributed by atoms with Crippen molar-refractivity contribution in [1.29, 1.82) is 0 Å². The van der Waals surface area contributed by atoms with Crippen LogP contribution in [0, 0.1) is 0 Å². The average molecular weight is 404 g/mol. The van der Waals surface area contributed by atoms with Crippen molar-refractivity contribution in [2.75, 3.05) is 0 Å². The van der Waals surface area contributed by atoms with Crippen LogP contribution in [0.1, 0.15) is 11.3 Å². The molecule has 2 nitrogen and oxygen atoms in total. The highest BCUT2D eigenvalue weighted by Gasteiger charge is 2.11. The van der Waals surface area contributed by atoms with Crippen molar-refractivity contribution in [3.8, 4) is 0 Å². The molecular weight excluding hydrogens is 391 g/mol. The second kappa shape index (κ2) is 5.42. The second-order valence-electron chi connectivity index (χ2n) is 5.09. The molecule has 4 rings (SSSR count). The molecule has 0 unspecified atom stereocenters. The number of H-pyrrole nitrogens is 1. The summed E-state index contributed by atoms with van der Waals surface area (Å²) in [7, 11) is 1.74. The van der Waals surface area contributed by atoms with Crippen molar-refractivity contribution in [2.24, 2.45) is 0 Å². The van der Waals surface area contributed by atoms with Crippen molar-refractivity contribution in [1.82, 2.24) is 8.96 Å². The fraction of sp³-hybridized carbons (Fsp3) is 0.0588. The minimum Gasteiger partial charge on any atom is -0.361 e. The maximum atomic E-state index is 3.36. The monoisotopic (exact) mass is 404 g/mol. The Hall–Kier alpha value is -1.40. The van der Waals surface area contributed by atoms with Gasteiger partial charge >= 0.3 is 0 Å². The molecule has 2 aromatic carbocycles. The van der Waals surface area contributed by atoms with Crippen LogP contribution >= 0.6 is 30.3 Å². The zero-order valence-electron chi connectivity index (χ0n) is 11.2. The first-order valence-electron chi connectivity index (χ1n) is 6.80. The standard InChI is InChI=1S/C17H13IN2S/c18-21-20-14(9-12-5-1-4-8-17(12)20)10-13-11-19-16-7-3-2-6-15(13)16/h1-9,11,19H,10H2. The summed E-state index contributed by atoms with van der Waals surface area (Å²) < 4.78 is 2.32. The molecule has 2 aromatic heterocycles. The lowest BCUT2D eigenvalue weighted by Gasteiger charge is -2.05. The van der Waals surface area contributed by atoms with E-state index in [1.54, 1.807) is 9.12 Å². The highest BCUT2D eigenvalue weighted by Crippen LogP contribution is 2.31. The quantitative estimate of drug-likeness (QED) is 0.444. The van der Waals surface area contributed by atoms with Crippen LogP contribution in [0.2, 0.25) is 0 Å². The molecule has 0 aliphatic carbocycles. The summed E-state index contributed by atoms with van der Waals surface area (Å²) in [6.07, 6.45) is 3.07. The third kappa shape index (κ3) is 2.26. The predicted molar refractivity (Wildman–Crippen MR) is 100 cm³/mol. The largest absolute Gasteiger partial charge is 0.361 e. The Morgan fingerprint density at radius 1 is 1.05 bits per heavy atom. The van der Waals surface area contributed by atoms with Gasteiger partial charge in [0, 0.05) is 64.9 Å². The topological polar surface area (TPSA) is 20.7 Å². The van der Waals surface area contributed by atoms with Crippen LogP contribution in [0.5, 0.6) is 0 Å². The van der Waals surface area contributed by atoms with Crippen LogP contribution in [0.3, 0.4) is 0 Å². The van der Waals surface area contributed by atoms with Gasteiger partial charge in [0.05, 0.1) is 5.52 Å². The van der Waals surface area contributed by atoms with Gasteiger partial charge in [-0.2, -0.15) is 0 Å². The molecule has 104 valence electrons. The van der Waals surface area contributed by atoms with Crippen LogP contribution in [0.15, 0.2) is 60.8 Å². The van der Waals surface area contributed by atoms with Gasteiger partial charge in [-0.15, -0.1) is 0 Å². The number of hydrogen-bond acceptors (Lipinski definition) is 1. The van der Waals surface area contributed by atoms with Crippen molar-refractivity contribution in [3.63, 3.8) is 0 Å². The molecule has 0 saturated carbocycles. The minimum atomic E-state index is 0.939. The van der Waals surface area contributed by atoms with Crippen LogP contribution in [0.25, 0.3) is 21.8 Å². The molecule has 0 aliphatic rings. The van der Waals surface area contributed by atoms with Gasteiger partial charge in [-0.05, 0) is 23.8 Å². The number of rotatable bonds is 3. The molecule has 0 radical (unpaired) electrons. The first-order valence-corrected chi connectivity index (χ1v) is 10.1. The lowest BCUT2D eigenvalue weighted by atomic mass is 10.1. The first-order chi connectivity index (χ1) is 10.4. The molecule has 2 heterocycles. The SMILES string of the molecule is ISn1c(Cc2c[nH]c3ccccc23)cc2ccccc21. The van der Waals surface area contributed by atoms with Gasteiger partial charge in [0.25, 0.3) is 0 Å². The van der Waals surface area contributed by atoms with E-state index >= 15 is 0 Å². The Morgan fingerprint density at radius 3 is 2.76 bits per heavy atom. The Morgan fingerprint density at radius 2 is 1.86 bits per heavy atom. The van der Waals surface area contributed by atoms with Gasteiger partial charge in [-0.1, -0.05) is 36.4 Å². The van der Waals surface area contributed by atoms with Crippen molar-refractivity contribution in [3.05, 3.63) is 72.1 Å². The third-order valence-corrected chi connectivity index (χ3v) is 5.60. The van der Waals surface area contributed by atoms with Crippen LogP contribution in [-0.4, -0.2) is 8.96 Å². The summed E-state index contributed by atoms with van der Waals surface area (Å²) in [4.78, 5) is 3.36. The van der Waals surface area contributed by atoms with Gasteiger partial charge in [-0.3, -0.25) is 3.97 Å². The summed E-state index contributed by atoms with van der Waals surface area (Å²) in [6, 6.07) is 19.3. The zero-order valence-corrected chi connectivity index (χ0v) is 14.2. The summed E-state index contributed by atoms with van der Waals surface area (Å²) in [5, 5.41) is 2.62. The smallest absolute Gasteiger partial charge is 0.0601 e. The van der Waals surface area contributed by atoms with Crippen LogP contribution < -0.4 is 0 Å². The number of aromatic amines is 1. The number of halogens is 1. The average Bonchev–Trinajstić information content (AvgIpc) is 3.09. The molecule has 0 saturated heterocycles. The first kappa shape index (κ1) is 13.3. The third-order valence-electron chi connectivity index (χ3n) is 3.85. The number of fused-ring (bicyclic) bond motifs is 2. The summed E-state index contributed by atoms with van der Waals surface area (Å²) >= 11 is 2.35. The summed E-state index contributed by atoms with van der Waals surface area (Å²) in [5.41, 5.74) is 5.17. The minimum absolute atomic E-state index is 0.939. The fourth-order valence-corrected chi connectivity index (χ4v) is 4.71. The van der Waals surface area contributed by atoms with E-state index in [0.29, 0.717) is 0 Å². The number of nitrogens with one attached hydrogen (secondary N) is 1. The molecule has 0 bridgehead atoms. The molecule has 0 amide bonds. The summed E-state index contributed by atoms with van der Waals surface area (Å²) in [6.45, 7) is 0. The Bertz CT molecular complexity index is 923. The van der Waals surface area contributed by atoms with E-state index in [0.717, 1.165) is 6.42 Å². The molecule has 4 aromatic rings. The van der Waals surface area contributed by atoms with Gasteiger partial charge in [0.1, 0.15) is 0 Å². The van der Waals surface area contributed by atoms with Crippen LogP contribution in [0.4, 0.5) is 0 Å². The molecule has 0 spiro atoms. The number of benzene rings is 2. The Kier molecular flexibility index (Phi) is 3.43. The van der Waals surface area contributed by atoms with E-state index < -0.39 is 0 Å². The summed E-state index contributed by atoms with van der Waals surface area (Å²) in [5.74, 6) is 0.